The molecule has 0 bridgehead atoms. The average molecular weight is 473 g/mol. The fraction of sp³-hybridized carbons (Fsp3) is 0.654. The highest BCUT2D eigenvalue weighted by molar-refractivity contribution is 5.89. The monoisotopic (exact) mass is 472 g/mol. The van der Waals surface area contributed by atoms with Crippen molar-refractivity contribution in [2.75, 3.05) is 19.6 Å². The molecule has 0 aromatic heterocycles. The summed E-state index contributed by atoms with van der Waals surface area (Å²) >= 11 is 0. The van der Waals surface area contributed by atoms with Crippen LogP contribution in [0.3, 0.4) is 0 Å². The van der Waals surface area contributed by atoms with Crippen molar-refractivity contribution in [2.45, 2.75) is 82.8 Å². The number of hydrogen-bond donors (Lipinski definition) is 4. The highest BCUT2D eigenvalue weighted by Crippen LogP contribution is 2.43. The highest BCUT2D eigenvalue weighted by atomic mass is 16.4. The van der Waals surface area contributed by atoms with Crippen molar-refractivity contribution < 1.29 is 19.5 Å². The van der Waals surface area contributed by atoms with Crippen LogP contribution in [0.25, 0.3) is 0 Å². The van der Waals surface area contributed by atoms with Crippen LogP contribution in [0.1, 0.15) is 70.8 Å². The molecule has 1 unspecified atom stereocenters. The lowest BCUT2D eigenvalue weighted by Crippen LogP contribution is -2.55. The number of benzene rings is 1. The van der Waals surface area contributed by atoms with Gasteiger partial charge in [-0.25, -0.2) is 4.79 Å². The average Bonchev–Trinajstić information content (AvgIpc) is 2.84. The van der Waals surface area contributed by atoms with Crippen molar-refractivity contribution in [3.63, 3.8) is 0 Å². The quantitative estimate of drug-likeness (QED) is 0.441. The Kier molecular flexibility index (Phi) is 9.33. The van der Waals surface area contributed by atoms with Gasteiger partial charge in [-0.15, -0.1) is 0 Å². The van der Waals surface area contributed by atoms with Crippen molar-refractivity contribution in [2.24, 2.45) is 5.92 Å². The second-order valence-corrected chi connectivity index (χ2v) is 10.1. The van der Waals surface area contributed by atoms with Crippen molar-refractivity contribution in [1.82, 2.24) is 20.9 Å². The molecule has 34 heavy (non-hydrogen) atoms. The number of carboxylic acid groups (broad SMARTS) is 1. The van der Waals surface area contributed by atoms with E-state index < -0.39 is 18.0 Å². The van der Waals surface area contributed by atoms with Gasteiger partial charge in [0.2, 0.25) is 11.8 Å². The molecule has 3 rings (SSSR count). The summed E-state index contributed by atoms with van der Waals surface area (Å²) in [7, 11) is 0. The third-order valence-corrected chi connectivity index (χ3v) is 7.19. The van der Waals surface area contributed by atoms with Gasteiger partial charge in [0, 0.05) is 11.6 Å². The summed E-state index contributed by atoms with van der Waals surface area (Å²) in [5.41, 5.74) is 1.40. The molecule has 188 valence electrons. The van der Waals surface area contributed by atoms with E-state index in [1.54, 1.807) is 0 Å². The van der Waals surface area contributed by atoms with E-state index in [1.165, 1.54) is 24.8 Å². The second kappa shape index (κ2) is 12.2. The molecule has 1 aliphatic heterocycles. The molecular weight excluding hydrogens is 432 g/mol. The van der Waals surface area contributed by atoms with E-state index in [2.05, 4.69) is 45.9 Å². The number of piperidine rings is 1. The largest absolute Gasteiger partial charge is 0.465 e. The van der Waals surface area contributed by atoms with Gasteiger partial charge in [-0.1, -0.05) is 50.6 Å². The van der Waals surface area contributed by atoms with E-state index in [0.717, 1.165) is 38.8 Å². The smallest absolute Gasteiger partial charge is 0.405 e. The summed E-state index contributed by atoms with van der Waals surface area (Å²) in [5, 5.41) is 16.6. The van der Waals surface area contributed by atoms with Crippen LogP contribution in [0.4, 0.5) is 4.79 Å². The molecule has 0 spiro atoms. The summed E-state index contributed by atoms with van der Waals surface area (Å²) in [6.07, 6.45) is 6.77. The van der Waals surface area contributed by atoms with Crippen LogP contribution in [0.2, 0.25) is 0 Å². The Morgan fingerprint density at radius 3 is 2.29 bits per heavy atom. The van der Waals surface area contributed by atoms with Gasteiger partial charge < -0.3 is 21.1 Å². The van der Waals surface area contributed by atoms with Gasteiger partial charge in [-0.2, -0.15) is 0 Å². The van der Waals surface area contributed by atoms with Crippen molar-refractivity contribution in [3.8, 4) is 0 Å². The molecule has 2 aliphatic rings. The Labute approximate surface area is 202 Å². The summed E-state index contributed by atoms with van der Waals surface area (Å²) < 4.78 is 0. The van der Waals surface area contributed by atoms with Gasteiger partial charge in [0.15, 0.2) is 0 Å². The summed E-state index contributed by atoms with van der Waals surface area (Å²) in [6.45, 7) is 5.87. The molecule has 0 radical (unpaired) electrons. The number of hydrogen-bond acceptors (Lipinski definition) is 4. The van der Waals surface area contributed by atoms with Crippen molar-refractivity contribution in [1.29, 1.82) is 0 Å². The van der Waals surface area contributed by atoms with Crippen LogP contribution >= 0.6 is 0 Å². The van der Waals surface area contributed by atoms with Gasteiger partial charge in [0.05, 0.1) is 0 Å². The molecule has 1 heterocycles. The van der Waals surface area contributed by atoms with E-state index in [4.69, 9.17) is 5.11 Å². The minimum Gasteiger partial charge on any atom is -0.465 e. The molecule has 2 fully saturated rings. The van der Waals surface area contributed by atoms with Crippen LogP contribution in [0.5, 0.6) is 0 Å². The molecule has 1 aromatic carbocycles. The molecule has 1 saturated heterocycles. The van der Waals surface area contributed by atoms with Crippen molar-refractivity contribution >= 4 is 17.9 Å². The van der Waals surface area contributed by atoms with E-state index >= 15 is 0 Å². The zero-order valence-corrected chi connectivity index (χ0v) is 20.5. The standard InChI is InChI=1S/C26H40N4O4/c1-19(2)17-22(29-23(31)18-27-25(33)34)24(32)28-21-11-13-26(14-12-21,20-9-5-3-6-10-20)30-15-7-4-8-16-30/h3,5-6,9-10,19,21-22,27H,4,7-8,11-18H2,1-2H3,(H,28,32)(H,29,31)(H,33,34). The van der Waals surface area contributed by atoms with E-state index in [1.807, 2.05) is 19.2 Å². The lowest BCUT2D eigenvalue weighted by Gasteiger charge is -2.50. The number of nitrogens with zero attached hydrogens (tertiary/aromatic N) is 1. The fourth-order valence-corrected chi connectivity index (χ4v) is 5.50. The Bertz CT molecular complexity index is 815. The first-order valence-electron chi connectivity index (χ1n) is 12.7. The molecule has 4 N–H and O–H groups in total. The summed E-state index contributed by atoms with van der Waals surface area (Å²) in [4.78, 5) is 38.5. The third-order valence-electron chi connectivity index (χ3n) is 7.19. The fourth-order valence-electron chi connectivity index (χ4n) is 5.50. The number of likely N-dealkylation sites (tertiary alicyclic amines) is 1. The lowest BCUT2D eigenvalue weighted by atomic mass is 9.73. The first-order valence-corrected chi connectivity index (χ1v) is 12.7. The minimum absolute atomic E-state index is 0.0248. The molecule has 3 amide bonds. The zero-order valence-electron chi connectivity index (χ0n) is 20.5. The number of rotatable bonds is 9. The molecule has 1 aromatic rings. The maximum Gasteiger partial charge on any atom is 0.405 e. The maximum absolute atomic E-state index is 13.1. The predicted octanol–water partition coefficient (Wildman–Crippen LogP) is 3.23. The van der Waals surface area contributed by atoms with Gasteiger partial charge in [-0.05, 0) is 69.5 Å². The topological polar surface area (TPSA) is 111 Å². The van der Waals surface area contributed by atoms with Crippen LogP contribution in [0, 0.1) is 5.92 Å². The Morgan fingerprint density at radius 1 is 1.06 bits per heavy atom. The second-order valence-electron chi connectivity index (χ2n) is 10.1. The van der Waals surface area contributed by atoms with Gasteiger partial charge in [0.25, 0.3) is 0 Å². The zero-order chi connectivity index (χ0) is 24.6. The van der Waals surface area contributed by atoms with E-state index in [0.29, 0.717) is 6.42 Å². The minimum atomic E-state index is -1.27. The van der Waals surface area contributed by atoms with E-state index in [9.17, 15) is 14.4 Å². The number of carbonyl (C=O) groups excluding carboxylic acids is 2. The number of carbonyl (C=O) groups is 3. The first-order chi connectivity index (χ1) is 16.3. The molecule has 1 atom stereocenters. The molecule has 1 aliphatic carbocycles. The Balaban J connectivity index is 1.63. The molecule has 1 saturated carbocycles. The van der Waals surface area contributed by atoms with Gasteiger partial charge in [-0.3, -0.25) is 14.5 Å². The molecule has 8 heteroatoms. The SMILES string of the molecule is CC(C)CC(NC(=O)CNC(=O)O)C(=O)NC1CCC(c2ccccc2)(N2CCCCC2)CC1. The third kappa shape index (κ3) is 6.95. The number of amides is 3. The summed E-state index contributed by atoms with van der Waals surface area (Å²) in [6, 6.07) is 10.2. The highest BCUT2D eigenvalue weighted by Gasteiger charge is 2.42. The van der Waals surface area contributed by atoms with Crippen molar-refractivity contribution in [3.05, 3.63) is 35.9 Å². The van der Waals surface area contributed by atoms with Crippen LogP contribution in [-0.2, 0) is 15.1 Å². The first kappa shape index (κ1) is 26.0. The van der Waals surface area contributed by atoms with Gasteiger partial charge >= 0.3 is 6.09 Å². The van der Waals surface area contributed by atoms with Crippen LogP contribution in [0.15, 0.2) is 30.3 Å². The van der Waals surface area contributed by atoms with Gasteiger partial charge in [0.1, 0.15) is 12.6 Å². The molecule has 8 nitrogen and oxygen atoms in total. The Morgan fingerprint density at radius 2 is 1.71 bits per heavy atom. The maximum atomic E-state index is 13.1. The molecular formula is C26H40N4O4. The predicted molar refractivity (Wildman–Crippen MR) is 131 cm³/mol. The van der Waals surface area contributed by atoms with E-state index in [-0.39, 0.29) is 30.0 Å². The van der Waals surface area contributed by atoms with Crippen LogP contribution in [-0.4, -0.2) is 59.6 Å². The summed E-state index contributed by atoms with van der Waals surface area (Å²) in [5.74, 6) is -0.479. The van der Waals surface area contributed by atoms with Crippen LogP contribution < -0.4 is 16.0 Å². The number of nitrogens with one attached hydrogen (secondary N) is 3. The lowest BCUT2D eigenvalue weighted by molar-refractivity contribution is -0.129. The normalized spacial score (nSPS) is 24.3. The Hall–Kier alpha value is -2.61.